The lowest BCUT2D eigenvalue weighted by Gasteiger charge is -2.52. The standard InChI is InChI=1S/C20H38O4/c1-13-16(2,3)19(8,9)20(10,11)24-15(22)18(6,7)17(4,5)14(21)23-12/h13H2,1-12H3. The summed E-state index contributed by atoms with van der Waals surface area (Å²) in [6.07, 6.45) is 0.970. The number of hydrogen-bond donors (Lipinski definition) is 0. The lowest BCUT2D eigenvalue weighted by Crippen LogP contribution is -2.55. The molecule has 0 saturated carbocycles. The molecular weight excluding hydrogens is 304 g/mol. The van der Waals surface area contributed by atoms with Crippen LogP contribution in [0.1, 0.15) is 82.6 Å². The second-order valence-corrected chi connectivity index (χ2v) is 9.50. The first kappa shape index (κ1) is 22.9. The van der Waals surface area contributed by atoms with Gasteiger partial charge in [0.1, 0.15) is 5.60 Å². The predicted molar refractivity (Wildman–Crippen MR) is 97.6 cm³/mol. The van der Waals surface area contributed by atoms with Gasteiger partial charge in [0.25, 0.3) is 0 Å². The van der Waals surface area contributed by atoms with Crippen molar-refractivity contribution in [3.63, 3.8) is 0 Å². The van der Waals surface area contributed by atoms with Crippen LogP contribution in [0.4, 0.5) is 0 Å². The van der Waals surface area contributed by atoms with E-state index in [0.29, 0.717) is 0 Å². The zero-order valence-corrected chi connectivity index (χ0v) is 17.8. The van der Waals surface area contributed by atoms with Crippen LogP contribution in [0.3, 0.4) is 0 Å². The van der Waals surface area contributed by atoms with Gasteiger partial charge in [-0.25, -0.2) is 0 Å². The minimum Gasteiger partial charge on any atom is -0.469 e. The van der Waals surface area contributed by atoms with E-state index in [1.165, 1.54) is 7.11 Å². The molecule has 0 aliphatic heterocycles. The van der Waals surface area contributed by atoms with E-state index in [0.717, 1.165) is 6.42 Å². The topological polar surface area (TPSA) is 52.6 Å². The summed E-state index contributed by atoms with van der Waals surface area (Å²) < 4.78 is 10.9. The lowest BCUT2D eigenvalue weighted by molar-refractivity contribution is -0.199. The number of carbonyl (C=O) groups excluding carboxylic acids is 2. The smallest absolute Gasteiger partial charge is 0.313 e. The van der Waals surface area contributed by atoms with Crippen molar-refractivity contribution in [1.82, 2.24) is 0 Å². The second-order valence-electron chi connectivity index (χ2n) is 9.50. The fourth-order valence-corrected chi connectivity index (χ4v) is 2.51. The van der Waals surface area contributed by atoms with Crippen molar-refractivity contribution >= 4 is 11.9 Å². The normalized spacial score (nSPS) is 14.3. The van der Waals surface area contributed by atoms with E-state index in [4.69, 9.17) is 9.47 Å². The Kier molecular flexibility index (Phi) is 6.39. The second kappa shape index (κ2) is 6.68. The monoisotopic (exact) mass is 342 g/mol. The summed E-state index contributed by atoms with van der Waals surface area (Å²) in [5.41, 5.74) is -2.95. The fourth-order valence-electron chi connectivity index (χ4n) is 2.51. The molecular formula is C20H38O4. The molecule has 0 saturated heterocycles. The third-order valence-electron chi connectivity index (χ3n) is 7.20. The summed E-state index contributed by atoms with van der Waals surface area (Å²) in [7, 11) is 1.34. The summed E-state index contributed by atoms with van der Waals surface area (Å²) in [5, 5.41) is 0. The Bertz CT molecular complexity index is 482. The molecule has 0 N–H and O–H groups in total. The summed E-state index contributed by atoms with van der Waals surface area (Å²) in [5.74, 6) is -0.807. The molecule has 4 heteroatoms. The molecule has 0 spiro atoms. The van der Waals surface area contributed by atoms with Gasteiger partial charge in [-0.05, 0) is 47.0 Å². The van der Waals surface area contributed by atoms with Crippen LogP contribution in [-0.4, -0.2) is 24.6 Å². The molecule has 0 aromatic rings. The number of esters is 2. The van der Waals surface area contributed by atoms with Crippen LogP contribution in [0, 0.1) is 21.7 Å². The molecule has 0 bridgehead atoms. The van der Waals surface area contributed by atoms with E-state index in [1.807, 2.05) is 13.8 Å². The SMILES string of the molecule is CCC(C)(C)C(C)(C)C(C)(C)OC(=O)C(C)(C)C(C)(C)C(=O)OC. The molecule has 0 aliphatic carbocycles. The summed E-state index contributed by atoms with van der Waals surface area (Å²) >= 11 is 0. The van der Waals surface area contributed by atoms with Crippen LogP contribution in [0.2, 0.25) is 0 Å². The van der Waals surface area contributed by atoms with Gasteiger partial charge in [-0.15, -0.1) is 0 Å². The largest absolute Gasteiger partial charge is 0.469 e. The molecule has 0 radical (unpaired) electrons. The summed E-state index contributed by atoms with van der Waals surface area (Å²) in [6.45, 7) is 21.6. The van der Waals surface area contributed by atoms with Crippen LogP contribution < -0.4 is 0 Å². The van der Waals surface area contributed by atoms with Gasteiger partial charge in [0, 0.05) is 5.41 Å². The number of carbonyl (C=O) groups is 2. The Hall–Kier alpha value is -1.06. The van der Waals surface area contributed by atoms with Crippen molar-refractivity contribution in [1.29, 1.82) is 0 Å². The lowest BCUT2D eigenvalue weighted by atomic mass is 9.58. The molecule has 0 aromatic heterocycles. The van der Waals surface area contributed by atoms with Gasteiger partial charge in [0.2, 0.25) is 0 Å². The van der Waals surface area contributed by atoms with Crippen molar-refractivity contribution in [2.75, 3.05) is 7.11 Å². The molecule has 142 valence electrons. The quantitative estimate of drug-likeness (QED) is 0.611. The zero-order valence-electron chi connectivity index (χ0n) is 17.8. The first-order valence-electron chi connectivity index (χ1n) is 8.74. The van der Waals surface area contributed by atoms with E-state index < -0.39 is 22.4 Å². The average Bonchev–Trinajstić information content (AvgIpc) is 2.44. The third kappa shape index (κ3) is 3.62. The fraction of sp³-hybridized carbons (Fsp3) is 0.900. The van der Waals surface area contributed by atoms with E-state index in [2.05, 4.69) is 34.6 Å². The summed E-state index contributed by atoms with van der Waals surface area (Å²) in [4.78, 5) is 25.1. The Balaban J connectivity index is 5.68. The number of rotatable bonds is 7. The molecule has 0 aliphatic rings. The molecule has 0 fully saturated rings. The van der Waals surface area contributed by atoms with E-state index in [1.54, 1.807) is 27.7 Å². The highest BCUT2D eigenvalue weighted by Gasteiger charge is 2.55. The Morgan fingerprint density at radius 2 is 1.12 bits per heavy atom. The Morgan fingerprint density at radius 1 is 0.750 bits per heavy atom. The van der Waals surface area contributed by atoms with Crippen LogP contribution in [0.15, 0.2) is 0 Å². The van der Waals surface area contributed by atoms with Gasteiger partial charge >= 0.3 is 11.9 Å². The number of ether oxygens (including phenoxy) is 2. The molecule has 0 unspecified atom stereocenters. The molecule has 0 atom stereocenters. The first-order valence-corrected chi connectivity index (χ1v) is 8.74. The van der Waals surface area contributed by atoms with Crippen LogP contribution in [0.25, 0.3) is 0 Å². The maximum Gasteiger partial charge on any atom is 0.313 e. The first-order chi connectivity index (χ1) is 10.4. The average molecular weight is 343 g/mol. The Morgan fingerprint density at radius 3 is 1.46 bits per heavy atom. The Labute approximate surface area is 148 Å². The molecule has 0 aromatic carbocycles. The number of methoxy groups -OCH3 is 1. The maximum absolute atomic E-state index is 13.0. The molecule has 24 heavy (non-hydrogen) atoms. The van der Waals surface area contributed by atoms with Crippen molar-refractivity contribution < 1.29 is 19.1 Å². The van der Waals surface area contributed by atoms with E-state index in [9.17, 15) is 9.59 Å². The van der Waals surface area contributed by atoms with Gasteiger partial charge in [-0.3, -0.25) is 9.59 Å². The maximum atomic E-state index is 13.0. The van der Waals surface area contributed by atoms with Crippen LogP contribution in [-0.2, 0) is 19.1 Å². The molecule has 0 heterocycles. The highest BCUT2D eigenvalue weighted by molar-refractivity contribution is 5.87. The summed E-state index contributed by atoms with van der Waals surface area (Å²) in [6, 6.07) is 0. The van der Waals surface area contributed by atoms with E-state index in [-0.39, 0.29) is 16.8 Å². The van der Waals surface area contributed by atoms with Crippen molar-refractivity contribution in [2.24, 2.45) is 21.7 Å². The minimum absolute atomic E-state index is 0.0151. The van der Waals surface area contributed by atoms with Crippen molar-refractivity contribution in [2.45, 2.75) is 88.2 Å². The van der Waals surface area contributed by atoms with Crippen molar-refractivity contribution in [3.05, 3.63) is 0 Å². The van der Waals surface area contributed by atoms with Crippen LogP contribution >= 0.6 is 0 Å². The molecule has 0 amide bonds. The van der Waals surface area contributed by atoms with Gasteiger partial charge in [-0.1, -0.05) is 41.0 Å². The van der Waals surface area contributed by atoms with E-state index >= 15 is 0 Å². The molecule has 0 rings (SSSR count). The highest BCUT2D eigenvalue weighted by atomic mass is 16.6. The van der Waals surface area contributed by atoms with Gasteiger partial charge < -0.3 is 9.47 Å². The van der Waals surface area contributed by atoms with Crippen molar-refractivity contribution in [3.8, 4) is 0 Å². The molecule has 4 nitrogen and oxygen atoms in total. The van der Waals surface area contributed by atoms with Gasteiger partial charge in [0.15, 0.2) is 0 Å². The van der Waals surface area contributed by atoms with Gasteiger partial charge in [0.05, 0.1) is 17.9 Å². The van der Waals surface area contributed by atoms with Gasteiger partial charge in [-0.2, -0.15) is 0 Å². The third-order valence-corrected chi connectivity index (χ3v) is 7.20. The predicted octanol–water partition coefficient (Wildman–Crippen LogP) is 5.00. The van der Waals surface area contributed by atoms with Crippen LogP contribution in [0.5, 0.6) is 0 Å². The highest BCUT2D eigenvalue weighted by Crippen LogP contribution is 2.51. The minimum atomic E-state index is -1.01. The number of hydrogen-bond acceptors (Lipinski definition) is 4. The zero-order chi connectivity index (χ0) is 19.8.